The Morgan fingerprint density at radius 3 is 2.67 bits per heavy atom. The molecule has 1 atom stereocenters. The minimum atomic E-state index is -3.62. The molecule has 0 saturated carbocycles. The number of hydrogen-bond donors (Lipinski definition) is 0. The molecule has 4 rings (SSSR count). The number of sulfone groups is 1. The van der Waals surface area contributed by atoms with Crippen molar-refractivity contribution < 1.29 is 13.2 Å². The maximum Gasteiger partial charge on any atom is 0.184 e. The molecule has 1 aromatic carbocycles. The van der Waals surface area contributed by atoms with Gasteiger partial charge in [-0.05, 0) is 24.6 Å². The van der Waals surface area contributed by atoms with Crippen molar-refractivity contribution in [1.82, 2.24) is 14.9 Å². The number of aromatic nitrogens is 2. The van der Waals surface area contributed by atoms with Gasteiger partial charge in [0.2, 0.25) is 0 Å². The molecule has 2 aliphatic rings. The van der Waals surface area contributed by atoms with Crippen molar-refractivity contribution in [3.8, 4) is 6.07 Å². The summed E-state index contributed by atoms with van der Waals surface area (Å²) in [7, 11) is -1.91. The molecular formula is C22H27ClN6O3S. The van der Waals surface area contributed by atoms with E-state index in [0.29, 0.717) is 25.4 Å². The summed E-state index contributed by atoms with van der Waals surface area (Å²) in [6, 6.07) is 7.19. The van der Waals surface area contributed by atoms with Gasteiger partial charge in [-0.1, -0.05) is 11.6 Å². The fourth-order valence-corrected chi connectivity index (χ4v) is 6.54. The van der Waals surface area contributed by atoms with E-state index < -0.39 is 15.1 Å². The molecule has 3 heterocycles. The molecule has 0 unspecified atom stereocenters. The number of hydrogen-bond acceptors (Lipinski definition) is 9. The van der Waals surface area contributed by atoms with Crippen LogP contribution in [0.2, 0.25) is 5.02 Å². The highest BCUT2D eigenvalue weighted by Gasteiger charge is 2.36. The van der Waals surface area contributed by atoms with Gasteiger partial charge in [0.1, 0.15) is 11.9 Å². The third kappa shape index (κ3) is 5.22. The summed E-state index contributed by atoms with van der Waals surface area (Å²) < 4.78 is 31.9. The Bertz CT molecular complexity index is 1130. The lowest BCUT2D eigenvalue weighted by atomic mass is 10.2. The maximum atomic E-state index is 13.4. The summed E-state index contributed by atoms with van der Waals surface area (Å²) in [6.45, 7) is 5.99. The second-order valence-corrected chi connectivity index (χ2v) is 10.8. The first-order chi connectivity index (χ1) is 15.9. The Morgan fingerprint density at radius 2 is 1.97 bits per heavy atom. The third-order valence-electron chi connectivity index (χ3n) is 6.22. The predicted octanol–water partition coefficient (Wildman–Crippen LogP) is 1.82. The minimum absolute atomic E-state index is 0.162. The number of nitriles is 1. The first-order valence-corrected chi connectivity index (χ1v) is 12.8. The quantitative estimate of drug-likeness (QED) is 0.574. The topological polar surface area (TPSA) is 103 Å². The third-order valence-corrected chi connectivity index (χ3v) is 8.87. The van der Waals surface area contributed by atoms with Crippen LogP contribution < -0.4 is 9.80 Å². The van der Waals surface area contributed by atoms with Gasteiger partial charge in [-0.3, -0.25) is 9.88 Å². The van der Waals surface area contributed by atoms with E-state index in [2.05, 4.69) is 19.8 Å². The fraction of sp³-hybridized carbons (Fsp3) is 0.500. The Balaban J connectivity index is 1.44. The van der Waals surface area contributed by atoms with E-state index in [0.717, 1.165) is 38.4 Å². The van der Waals surface area contributed by atoms with Gasteiger partial charge in [0.25, 0.3) is 0 Å². The first-order valence-electron chi connectivity index (χ1n) is 10.9. The average Bonchev–Trinajstić information content (AvgIpc) is 3.34. The lowest BCUT2D eigenvalue weighted by Crippen LogP contribution is -2.47. The van der Waals surface area contributed by atoms with Crippen LogP contribution in [0.15, 0.2) is 35.5 Å². The molecule has 0 aliphatic carbocycles. The SMILES string of the molecule is COCCN1CCN(c2ccc(S(=O)(=O)[C@H]3CCN(c4cncc(C#N)n4)C3)c(Cl)c2)CC1. The standard InChI is InChI=1S/C22H27ClN6O3S/c1-32-11-10-27-6-8-28(9-7-27)18-2-3-21(20(23)12-18)33(30,31)19-4-5-29(16-19)22-15-25-14-17(13-24)26-22/h2-3,12,14-15,19H,4-11,16H2,1H3/t19-/m0/s1. The Kier molecular flexibility index (Phi) is 7.34. The maximum absolute atomic E-state index is 13.4. The second kappa shape index (κ2) is 10.2. The normalized spacial score (nSPS) is 19.6. The molecule has 0 spiro atoms. The van der Waals surface area contributed by atoms with Gasteiger partial charge in [-0.15, -0.1) is 0 Å². The van der Waals surface area contributed by atoms with Crippen LogP contribution in [0.3, 0.4) is 0 Å². The Labute approximate surface area is 199 Å². The second-order valence-electron chi connectivity index (χ2n) is 8.21. The van der Waals surface area contributed by atoms with Gasteiger partial charge in [0.15, 0.2) is 15.5 Å². The minimum Gasteiger partial charge on any atom is -0.383 e. The number of ether oxygens (including phenoxy) is 1. The number of halogens is 1. The van der Waals surface area contributed by atoms with Gasteiger partial charge < -0.3 is 14.5 Å². The van der Waals surface area contributed by atoms with Crippen LogP contribution in [-0.4, -0.2) is 88.1 Å². The molecule has 2 aromatic rings. The number of benzene rings is 1. The van der Waals surface area contributed by atoms with Crippen LogP contribution in [0, 0.1) is 11.3 Å². The highest BCUT2D eigenvalue weighted by atomic mass is 35.5. The van der Waals surface area contributed by atoms with Crippen molar-refractivity contribution in [2.24, 2.45) is 0 Å². The molecule has 0 amide bonds. The van der Waals surface area contributed by atoms with Gasteiger partial charge in [-0.2, -0.15) is 5.26 Å². The van der Waals surface area contributed by atoms with Crippen molar-refractivity contribution in [3.63, 3.8) is 0 Å². The van der Waals surface area contributed by atoms with E-state index in [9.17, 15) is 8.42 Å². The summed E-state index contributed by atoms with van der Waals surface area (Å²) in [4.78, 5) is 14.8. The molecule has 9 nitrogen and oxygen atoms in total. The smallest absolute Gasteiger partial charge is 0.184 e. The molecule has 1 aromatic heterocycles. The van der Waals surface area contributed by atoms with Crippen LogP contribution in [0.1, 0.15) is 12.1 Å². The highest BCUT2D eigenvalue weighted by Crippen LogP contribution is 2.33. The number of nitrogens with zero attached hydrogens (tertiary/aromatic N) is 6. The average molecular weight is 491 g/mol. The zero-order valence-corrected chi connectivity index (χ0v) is 20.1. The Hall–Kier alpha value is -2.45. The van der Waals surface area contributed by atoms with Gasteiger partial charge in [-0.25, -0.2) is 13.4 Å². The highest BCUT2D eigenvalue weighted by molar-refractivity contribution is 7.92. The van der Waals surface area contributed by atoms with Crippen molar-refractivity contribution in [2.75, 3.05) is 69.3 Å². The number of anilines is 2. The van der Waals surface area contributed by atoms with Crippen LogP contribution in [-0.2, 0) is 14.6 Å². The Morgan fingerprint density at radius 1 is 1.18 bits per heavy atom. The molecule has 2 aliphatic heterocycles. The predicted molar refractivity (Wildman–Crippen MR) is 127 cm³/mol. The monoisotopic (exact) mass is 490 g/mol. The first kappa shape index (κ1) is 23.7. The number of rotatable bonds is 7. The van der Waals surface area contributed by atoms with Crippen molar-refractivity contribution in [1.29, 1.82) is 5.26 Å². The van der Waals surface area contributed by atoms with Crippen LogP contribution in [0.25, 0.3) is 0 Å². The summed E-state index contributed by atoms with van der Waals surface area (Å²) in [6.07, 6.45) is 3.39. The van der Waals surface area contributed by atoms with Crippen LogP contribution in [0.5, 0.6) is 0 Å². The van der Waals surface area contributed by atoms with E-state index in [1.54, 1.807) is 25.4 Å². The van der Waals surface area contributed by atoms with Crippen LogP contribution in [0.4, 0.5) is 11.5 Å². The molecule has 2 fully saturated rings. The molecule has 33 heavy (non-hydrogen) atoms. The summed E-state index contributed by atoms with van der Waals surface area (Å²) in [5.74, 6) is 0.512. The molecule has 11 heteroatoms. The molecule has 0 radical (unpaired) electrons. The van der Waals surface area contributed by atoms with E-state index in [-0.39, 0.29) is 22.2 Å². The van der Waals surface area contributed by atoms with Gasteiger partial charge in [0, 0.05) is 58.6 Å². The zero-order valence-electron chi connectivity index (χ0n) is 18.5. The van der Waals surface area contributed by atoms with E-state index >= 15 is 0 Å². The van der Waals surface area contributed by atoms with Crippen molar-refractivity contribution >= 4 is 32.9 Å². The lowest BCUT2D eigenvalue weighted by Gasteiger charge is -2.36. The van der Waals surface area contributed by atoms with Crippen molar-refractivity contribution in [2.45, 2.75) is 16.6 Å². The van der Waals surface area contributed by atoms with Crippen molar-refractivity contribution in [3.05, 3.63) is 41.3 Å². The molecule has 0 N–H and O–H groups in total. The largest absolute Gasteiger partial charge is 0.383 e. The summed E-state index contributed by atoms with van der Waals surface area (Å²) in [5.41, 5.74) is 1.14. The van der Waals surface area contributed by atoms with Gasteiger partial charge in [0.05, 0.1) is 34.2 Å². The molecule has 176 valence electrons. The fourth-order valence-electron chi connectivity index (χ4n) is 4.30. The number of piperazine rings is 1. The van der Waals surface area contributed by atoms with E-state index in [4.69, 9.17) is 21.6 Å². The molecule has 2 saturated heterocycles. The zero-order chi connectivity index (χ0) is 23.4. The van der Waals surface area contributed by atoms with Crippen LogP contribution >= 0.6 is 11.6 Å². The van der Waals surface area contributed by atoms with Gasteiger partial charge >= 0.3 is 0 Å². The van der Waals surface area contributed by atoms with E-state index in [1.165, 1.54) is 6.20 Å². The molecule has 0 bridgehead atoms. The molecular weight excluding hydrogens is 464 g/mol. The number of methoxy groups -OCH3 is 1. The summed E-state index contributed by atoms with van der Waals surface area (Å²) >= 11 is 6.50. The summed E-state index contributed by atoms with van der Waals surface area (Å²) in [5, 5.41) is 8.69. The lowest BCUT2D eigenvalue weighted by molar-refractivity contribution is 0.144. The van der Waals surface area contributed by atoms with E-state index in [1.807, 2.05) is 17.0 Å².